The lowest BCUT2D eigenvalue weighted by atomic mass is 10.1. The predicted octanol–water partition coefficient (Wildman–Crippen LogP) is 2.49. The summed E-state index contributed by atoms with van der Waals surface area (Å²) in [6, 6.07) is 4.27. The van der Waals surface area contributed by atoms with E-state index >= 15 is 0 Å². The molecule has 19 heavy (non-hydrogen) atoms. The third-order valence-electron chi connectivity index (χ3n) is 3.04. The SMILES string of the molecule is COc1cc([N+](=O)[O-])ccc1N1CCCC(Br)C1=O. The summed E-state index contributed by atoms with van der Waals surface area (Å²) in [5, 5.41) is 10.7. The van der Waals surface area contributed by atoms with Gasteiger partial charge in [0.15, 0.2) is 0 Å². The first kappa shape index (κ1) is 13.8. The van der Waals surface area contributed by atoms with Crippen molar-refractivity contribution in [1.29, 1.82) is 0 Å². The molecule has 1 aliphatic rings. The average molecular weight is 329 g/mol. The molecular weight excluding hydrogens is 316 g/mol. The molecule has 7 heteroatoms. The van der Waals surface area contributed by atoms with E-state index in [0.29, 0.717) is 18.0 Å². The van der Waals surface area contributed by atoms with Crippen molar-refractivity contribution in [3.63, 3.8) is 0 Å². The van der Waals surface area contributed by atoms with Gasteiger partial charge in [0, 0.05) is 12.6 Å². The predicted molar refractivity (Wildman–Crippen MR) is 74.0 cm³/mol. The fourth-order valence-corrected chi connectivity index (χ4v) is 2.64. The van der Waals surface area contributed by atoms with Crippen LogP contribution in [0.3, 0.4) is 0 Å². The van der Waals surface area contributed by atoms with E-state index in [4.69, 9.17) is 4.74 Å². The molecule has 1 unspecified atom stereocenters. The van der Waals surface area contributed by atoms with Gasteiger partial charge in [0.2, 0.25) is 5.91 Å². The minimum absolute atomic E-state index is 0.0431. The van der Waals surface area contributed by atoms with Crippen molar-refractivity contribution >= 4 is 33.2 Å². The van der Waals surface area contributed by atoms with Crippen LogP contribution in [0.25, 0.3) is 0 Å². The summed E-state index contributed by atoms with van der Waals surface area (Å²) in [5.74, 6) is 0.294. The highest BCUT2D eigenvalue weighted by Gasteiger charge is 2.29. The Kier molecular flexibility index (Phi) is 4.04. The zero-order valence-corrected chi connectivity index (χ0v) is 11.9. The lowest BCUT2D eigenvalue weighted by Crippen LogP contribution is -2.41. The Labute approximate surface area is 118 Å². The van der Waals surface area contributed by atoms with Crippen molar-refractivity contribution in [1.82, 2.24) is 0 Å². The van der Waals surface area contributed by atoms with Gasteiger partial charge in [-0.05, 0) is 18.9 Å². The van der Waals surface area contributed by atoms with E-state index < -0.39 is 4.92 Å². The topological polar surface area (TPSA) is 72.7 Å². The van der Waals surface area contributed by atoms with Gasteiger partial charge in [-0.1, -0.05) is 15.9 Å². The molecule has 0 aromatic heterocycles. The smallest absolute Gasteiger partial charge is 0.273 e. The highest BCUT2D eigenvalue weighted by Crippen LogP contribution is 2.35. The second-order valence-electron chi connectivity index (χ2n) is 4.21. The number of ether oxygens (including phenoxy) is 1. The maximum absolute atomic E-state index is 12.1. The monoisotopic (exact) mass is 328 g/mol. The molecule has 0 N–H and O–H groups in total. The number of nitro groups is 1. The molecule has 1 aromatic rings. The number of nitrogens with zero attached hydrogens (tertiary/aromatic N) is 2. The number of rotatable bonds is 3. The van der Waals surface area contributed by atoms with E-state index in [9.17, 15) is 14.9 Å². The van der Waals surface area contributed by atoms with Gasteiger partial charge in [-0.3, -0.25) is 14.9 Å². The number of benzene rings is 1. The van der Waals surface area contributed by atoms with Crippen LogP contribution in [0, 0.1) is 10.1 Å². The van der Waals surface area contributed by atoms with E-state index in [1.807, 2.05) is 0 Å². The number of carbonyl (C=O) groups is 1. The van der Waals surface area contributed by atoms with Crippen LogP contribution in [0.1, 0.15) is 12.8 Å². The second kappa shape index (κ2) is 5.56. The standard InChI is InChI=1S/C12H13BrN2O4/c1-19-11-7-8(15(17)18)4-5-10(11)14-6-2-3-9(13)12(14)16/h4-5,7,9H,2-3,6H2,1H3. The highest BCUT2D eigenvalue weighted by molar-refractivity contribution is 9.10. The van der Waals surface area contributed by atoms with Crippen LogP contribution in [-0.2, 0) is 4.79 Å². The zero-order valence-electron chi connectivity index (χ0n) is 10.3. The van der Waals surface area contributed by atoms with Crippen LogP contribution < -0.4 is 9.64 Å². The molecule has 1 amide bonds. The van der Waals surface area contributed by atoms with Crippen molar-refractivity contribution in [2.45, 2.75) is 17.7 Å². The zero-order chi connectivity index (χ0) is 14.0. The Balaban J connectivity index is 2.38. The summed E-state index contributed by atoms with van der Waals surface area (Å²) in [7, 11) is 1.43. The van der Waals surface area contributed by atoms with Crippen molar-refractivity contribution in [2.24, 2.45) is 0 Å². The molecule has 6 nitrogen and oxygen atoms in total. The summed E-state index contributed by atoms with van der Waals surface area (Å²) in [4.78, 5) is 23.7. The number of piperidine rings is 1. The van der Waals surface area contributed by atoms with Gasteiger partial charge in [0.05, 0.1) is 28.6 Å². The third kappa shape index (κ3) is 2.70. The minimum Gasteiger partial charge on any atom is -0.494 e. The number of hydrogen-bond acceptors (Lipinski definition) is 4. The molecule has 102 valence electrons. The Hall–Kier alpha value is -1.63. The Morgan fingerprint density at radius 1 is 1.53 bits per heavy atom. The fraction of sp³-hybridized carbons (Fsp3) is 0.417. The molecular formula is C12H13BrN2O4. The van der Waals surface area contributed by atoms with Gasteiger partial charge in [-0.2, -0.15) is 0 Å². The number of alkyl halides is 1. The number of methoxy groups -OCH3 is 1. The highest BCUT2D eigenvalue weighted by atomic mass is 79.9. The van der Waals surface area contributed by atoms with Crippen LogP contribution in [0.2, 0.25) is 0 Å². The lowest BCUT2D eigenvalue weighted by molar-refractivity contribution is -0.384. The molecule has 1 fully saturated rings. The van der Waals surface area contributed by atoms with Gasteiger partial charge in [0.25, 0.3) is 5.69 Å². The maximum atomic E-state index is 12.1. The normalized spacial score (nSPS) is 19.4. The van der Waals surface area contributed by atoms with Crippen molar-refractivity contribution in [2.75, 3.05) is 18.6 Å². The minimum atomic E-state index is -0.488. The summed E-state index contributed by atoms with van der Waals surface area (Å²) in [6.07, 6.45) is 1.67. The van der Waals surface area contributed by atoms with Crippen LogP contribution >= 0.6 is 15.9 Å². The number of halogens is 1. The number of nitro benzene ring substituents is 1. The first-order valence-electron chi connectivity index (χ1n) is 5.82. The number of amides is 1. The molecule has 2 rings (SSSR count). The Morgan fingerprint density at radius 2 is 2.26 bits per heavy atom. The molecule has 1 aliphatic heterocycles. The molecule has 1 atom stereocenters. The Bertz CT molecular complexity index is 520. The first-order chi connectivity index (χ1) is 9.04. The van der Waals surface area contributed by atoms with Gasteiger partial charge in [-0.25, -0.2) is 0 Å². The molecule has 0 spiro atoms. The molecule has 1 aromatic carbocycles. The second-order valence-corrected chi connectivity index (χ2v) is 5.32. The van der Waals surface area contributed by atoms with Gasteiger partial charge < -0.3 is 9.64 Å². The average Bonchev–Trinajstić information content (AvgIpc) is 2.41. The lowest BCUT2D eigenvalue weighted by Gasteiger charge is -2.30. The fourth-order valence-electron chi connectivity index (χ4n) is 2.07. The van der Waals surface area contributed by atoms with E-state index in [2.05, 4.69) is 15.9 Å². The maximum Gasteiger partial charge on any atom is 0.273 e. The van der Waals surface area contributed by atoms with Crippen molar-refractivity contribution < 1.29 is 14.5 Å². The van der Waals surface area contributed by atoms with Crippen molar-refractivity contribution in [3.05, 3.63) is 28.3 Å². The van der Waals surface area contributed by atoms with Crippen LogP contribution in [0.15, 0.2) is 18.2 Å². The van der Waals surface area contributed by atoms with E-state index in [1.165, 1.54) is 19.2 Å². The van der Waals surface area contributed by atoms with Crippen molar-refractivity contribution in [3.8, 4) is 5.75 Å². The van der Waals surface area contributed by atoms with E-state index in [0.717, 1.165) is 12.8 Å². The molecule has 1 saturated heterocycles. The largest absolute Gasteiger partial charge is 0.494 e. The summed E-state index contributed by atoms with van der Waals surface area (Å²) >= 11 is 3.34. The number of non-ortho nitro benzene ring substituents is 1. The first-order valence-corrected chi connectivity index (χ1v) is 6.74. The number of carbonyl (C=O) groups excluding carboxylic acids is 1. The quantitative estimate of drug-likeness (QED) is 0.485. The van der Waals surface area contributed by atoms with E-state index in [-0.39, 0.29) is 16.4 Å². The van der Waals surface area contributed by atoms with Crippen LogP contribution in [0.4, 0.5) is 11.4 Å². The molecule has 0 saturated carbocycles. The molecule has 0 bridgehead atoms. The van der Waals surface area contributed by atoms with Crippen LogP contribution in [-0.4, -0.2) is 29.3 Å². The van der Waals surface area contributed by atoms with E-state index in [1.54, 1.807) is 11.0 Å². The summed E-state index contributed by atoms with van der Waals surface area (Å²) in [6.45, 7) is 0.592. The Morgan fingerprint density at radius 3 is 2.89 bits per heavy atom. The molecule has 0 aliphatic carbocycles. The van der Waals surface area contributed by atoms with Gasteiger partial charge in [-0.15, -0.1) is 0 Å². The van der Waals surface area contributed by atoms with Crippen LogP contribution in [0.5, 0.6) is 5.75 Å². The molecule has 0 radical (unpaired) electrons. The third-order valence-corrected chi connectivity index (χ3v) is 3.89. The van der Waals surface area contributed by atoms with Gasteiger partial charge in [0.1, 0.15) is 5.75 Å². The number of hydrogen-bond donors (Lipinski definition) is 0. The van der Waals surface area contributed by atoms with Gasteiger partial charge >= 0.3 is 0 Å². The summed E-state index contributed by atoms with van der Waals surface area (Å²) < 4.78 is 5.16. The molecule has 1 heterocycles. The number of anilines is 1. The summed E-state index contributed by atoms with van der Waals surface area (Å²) in [5.41, 5.74) is 0.516.